The minimum Gasteiger partial charge on any atom is -0.456 e. The van der Waals surface area contributed by atoms with Gasteiger partial charge in [-0.15, -0.1) is 0 Å². The highest BCUT2D eigenvalue weighted by Gasteiger charge is 2.39. The Morgan fingerprint density at radius 1 is 0.393 bits per heavy atom. The largest absolute Gasteiger partial charge is 0.456 e. The van der Waals surface area contributed by atoms with Gasteiger partial charge in [-0.1, -0.05) is 155 Å². The zero-order valence-corrected chi connectivity index (χ0v) is 32.1. The van der Waals surface area contributed by atoms with Crippen LogP contribution in [0.2, 0.25) is 0 Å². The summed E-state index contributed by atoms with van der Waals surface area (Å²) in [5, 5.41) is 2.28. The molecule has 1 heterocycles. The van der Waals surface area contributed by atoms with Crippen molar-refractivity contribution in [2.45, 2.75) is 38.5 Å². The standard InChI is InChI=1S/C54H41NO/c1-53(2)45-21-8-6-17-41(45)44-33-35(28-31-47(44)53)34-26-29-37(30-27-34)55(48-23-12-20-42-40-16-5-9-22-46(40)54(3,4)52(42)48)38-15-11-14-36(32-38)39-19-13-25-50-51(39)43-18-7-10-24-49(43)56-50/h5-33H,1-4H3. The van der Waals surface area contributed by atoms with Crippen LogP contribution in [0.4, 0.5) is 17.1 Å². The fourth-order valence-electron chi connectivity index (χ4n) is 9.96. The van der Waals surface area contributed by atoms with Crippen LogP contribution < -0.4 is 4.90 Å². The zero-order chi connectivity index (χ0) is 37.8. The quantitative estimate of drug-likeness (QED) is 0.176. The van der Waals surface area contributed by atoms with Gasteiger partial charge in [-0.3, -0.25) is 0 Å². The van der Waals surface area contributed by atoms with Gasteiger partial charge in [-0.25, -0.2) is 0 Å². The molecule has 0 N–H and O–H groups in total. The molecule has 0 amide bonds. The molecule has 2 aliphatic rings. The summed E-state index contributed by atoms with van der Waals surface area (Å²) < 4.78 is 6.32. The third-order valence-corrected chi connectivity index (χ3v) is 12.7. The average molecular weight is 720 g/mol. The molecule has 0 fully saturated rings. The molecule has 0 atom stereocenters. The number of fused-ring (bicyclic) bond motifs is 9. The molecule has 0 bridgehead atoms. The third-order valence-electron chi connectivity index (χ3n) is 12.7. The molecule has 8 aromatic carbocycles. The van der Waals surface area contributed by atoms with E-state index in [1.165, 1.54) is 61.3 Å². The molecule has 268 valence electrons. The second-order valence-electron chi connectivity index (χ2n) is 16.5. The molecule has 2 nitrogen and oxygen atoms in total. The van der Waals surface area contributed by atoms with E-state index in [0.717, 1.165) is 44.4 Å². The van der Waals surface area contributed by atoms with Gasteiger partial charge in [0.15, 0.2) is 0 Å². The van der Waals surface area contributed by atoms with Crippen molar-refractivity contribution in [1.29, 1.82) is 0 Å². The van der Waals surface area contributed by atoms with Gasteiger partial charge in [0.05, 0.1) is 5.69 Å². The molecular weight excluding hydrogens is 679 g/mol. The summed E-state index contributed by atoms with van der Waals surface area (Å²) in [7, 11) is 0. The molecule has 56 heavy (non-hydrogen) atoms. The fourth-order valence-corrected chi connectivity index (χ4v) is 9.96. The number of nitrogens with zero attached hydrogens (tertiary/aromatic N) is 1. The molecule has 1 aromatic heterocycles. The van der Waals surface area contributed by atoms with Gasteiger partial charge in [0.1, 0.15) is 11.2 Å². The highest BCUT2D eigenvalue weighted by molar-refractivity contribution is 6.12. The molecule has 9 aromatic rings. The monoisotopic (exact) mass is 719 g/mol. The van der Waals surface area contributed by atoms with Gasteiger partial charge in [-0.2, -0.15) is 0 Å². The van der Waals surface area contributed by atoms with Gasteiger partial charge in [0.25, 0.3) is 0 Å². The van der Waals surface area contributed by atoms with Crippen LogP contribution in [0.1, 0.15) is 49.9 Å². The van der Waals surface area contributed by atoms with Crippen LogP contribution in [0, 0.1) is 0 Å². The lowest BCUT2D eigenvalue weighted by Crippen LogP contribution is -2.20. The maximum Gasteiger partial charge on any atom is 0.136 e. The Kier molecular flexibility index (Phi) is 6.98. The molecule has 0 radical (unpaired) electrons. The fraction of sp³-hybridized carbons (Fsp3) is 0.111. The molecule has 0 unspecified atom stereocenters. The van der Waals surface area contributed by atoms with Crippen molar-refractivity contribution in [3.63, 3.8) is 0 Å². The van der Waals surface area contributed by atoms with Gasteiger partial charge in [0.2, 0.25) is 0 Å². The van der Waals surface area contributed by atoms with E-state index in [4.69, 9.17) is 4.42 Å². The summed E-state index contributed by atoms with van der Waals surface area (Å²) in [6, 6.07) is 64.6. The summed E-state index contributed by atoms with van der Waals surface area (Å²) in [5.41, 5.74) is 20.6. The second-order valence-corrected chi connectivity index (χ2v) is 16.5. The Hall–Kier alpha value is -6.64. The van der Waals surface area contributed by atoms with Crippen LogP contribution in [0.15, 0.2) is 180 Å². The smallest absolute Gasteiger partial charge is 0.136 e. The molecule has 0 spiro atoms. The molecule has 2 aliphatic carbocycles. The van der Waals surface area contributed by atoms with Crippen molar-refractivity contribution in [2.24, 2.45) is 0 Å². The first-order valence-corrected chi connectivity index (χ1v) is 19.7. The van der Waals surface area contributed by atoms with E-state index in [1.807, 2.05) is 6.07 Å². The Labute approximate surface area is 328 Å². The Morgan fingerprint density at radius 2 is 1.00 bits per heavy atom. The maximum absolute atomic E-state index is 6.32. The second kappa shape index (κ2) is 11.9. The minimum atomic E-state index is -0.186. The molecule has 2 heteroatoms. The predicted octanol–water partition coefficient (Wildman–Crippen LogP) is 15.0. The van der Waals surface area contributed by atoms with Crippen LogP contribution >= 0.6 is 0 Å². The first kappa shape index (κ1) is 32.8. The topological polar surface area (TPSA) is 16.4 Å². The van der Waals surface area contributed by atoms with E-state index in [9.17, 15) is 0 Å². The average Bonchev–Trinajstić information content (AvgIpc) is 3.81. The van der Waals surface area contributed by atoms with E-state index >= 15 is 0 Å². The van der Waals surface area contributed by atoms with E-state index in [2.05, 4.69) is 202 Å². The number of hydrogen-bond donors (Lipinski definition) is 0. The minimum absolute atomic E-state index is 0.0109. The summed E-state index contributed by atoms with van der Waals surface area (Å²) in [5.74, 6) is 0. The number of furan rings is 1. The van der Waals surface area contributed by atoms with Crippen molar-refractivity contribution in [2.75, 3.05) is 4.90 Å². The van der Waals surface area contributed by atoms with E-state index in [1.54, 1.807) is 0 Å². The molecule has 11 rings (SSSR count). The van der Waals surface area contributed by atoms with E-state index in [-0.39, 0.29) is 10.8 Å². The Morgan fingerprint density at radius 3 is 1.82 bits per heavy atom. The lowest BCUT2D eigenvalue weighted by atomic mass is 9.81. The number of benzene rings is 8. The van der Waals surface area contributed by atoms with Crippen LogP contribution in [0.3, 0.4) is 0 Å². The lowest BCUT2D eigenvalue weighted by Gasteiger charge is -2.32. The molecule has 0 saturated carbocycles. The van der Waals surface area contributed by atoms with Crippen molar-refractivity contribution < 1.29 is 4.42 Å². The highest BCUT2D eigenvalue weighted by Crippen LogP contribution is 2.55. The predicted molar refractivity (Wildman–Crippen MR) is 234 cm³/mol. The first-order valence-electron chi connectivity index (χ1n) is 19.7. The van der Waals surface area contributed by atoms with Gasteiger partial charge in [-0.05, 0) is 115 Å². The summed E-state index contributed by atoms with van der Waals surface area (Å²) in [6.07, 6.45) is 0. The van der Waals surface area contributed by atoms with Crippen molar-refractivity contribution in [3.8, 4) is 44.5 Å². The molecular formula is C54H41NO. The van der Waals surface area contributed by atoms with E-state index in [0.29, 0.717) is 0 Å². The first-order chi connectivity index (χ1) is 27.3. The van der Waals surface area contributed by atoms with Gasteiger partial charge >= 0.3 is 0 Å². The van der Waals surface area contributed by atoms with Crippen LogP contribution in [0.5, 0.6) is 0 Å². The summed E-state index contributed by atoms with van der Waals surface area (Å²) in [4.78, 5) is 2.47. The number of anilines is 3. The highest BCUT2D eigenvalue weighted by atomic mass is 16.3. The lowest BCUT2D eigenvalue weighted by molar-refractivity contribution is 0.660. The summed E-state index contributed by atoms with van der Waals surface area (Å²) >= 11 is 0. The van der Waals surface area contributed by atoms with Crippen molar-refractivity contribution in [1.82, 2.24) is 0 Å². The summed E-state index contributed by atoms with van der Waals surface area (Å²) in [6.45, 7) is 9.43. The molecule has 0 aliphatic heterocycles. The third kappa shape index (κ3) is 4.69. The van der Waals surface area contributed by atoms with Crippen LogP contribution in [-0.2, 0) is 10.8 Å². The van der Waals surface area contributed by atoms with E-state index < -0.39 is 0 Å². The van der Waals surface area contributed by atoms with Gasteiger partial charge in [0, 0.05) is 33.0 Å². The van der Waals surface area contributed by atoms with Crippen LogP contribution in [0.25, 0.3) is 66.4 Å². The zero-order valence-electron chi connectivity index (χ0n) is 32.1. The Bertz CT molecular complexity index is 3030. The Balaban J connectivity index is 1.08. The number of hydrogen-bond acceptors (Lipinski definition) is 2. The van der Waals surface area contributed by atoms with Crippen molar-refractivity contribution in [3.05, 3.63) is 198 Å². The normalized spacial score (nSPS) is 14.4. The maximum atomic E-state index is 6.32. The SMILES string of the molecule is CC1(C)c2ccccc2-c2cc(-c3ccc(N(c4cccc(-c5cccc6oc7ccccc7c56)c4)c4cccc5c4C(C)(C)c4ccccc4-5)cc3)ccc21. The number of rotatable bonds is 5. The molecule has 0 saturated heterocycles. The van der Waals surface area contributed by atoms with Crippen molar-refractivity contribution >= 4 is 39.0 Å². The van der Waals surface area contributed by atoms with Crippen LogP contribution in [-0.4, -0.2) is 0 Å². The van der Waals surface area contributed by atoms with Gasteiger partial charge < -0.3 is 9.32 Å². The number of para-hydroxylation sites is 1.